The summed E-state index contributed by atoms with van der Waals surface area (Å²) in [7, 11) is 1.65. The number of amides is 4. The Labute approximate surface area is 165 Å². The second-order valence-electron chi connectivity index (χ2n) is 6.92. The molecular weight excluding hydrogens is 378 g/mol. The largest absolute Gasteiger partial charge is 0.458 e. The van der Waals surface area contributed by atoms with Gasteiger partial charge in [0.15, 0.2) is 5.54 Å². The van der Waals surface area contributed by atoms with Gasteiger partial charge in [-0.05, 0) is 30.5 Å². The zero-order valence-corrected chi connectivity index (χ0v) is 16.3. The highest BCUT2D eigenvalue weighted by atomic mass is 32.1. The summed E-state index contributed by atoms with van der Waals surface area (Å²) in [5.74, 6) is -0.478. The zero-order valence-electron chi connectivity index (χ0n) is 15.5. The van der Waals surface area contributed by atoms with Gasteiger partial charge >= 0.3 is 6.03 Å². The van der Waals surface area contributed by atoms with Crippen LogP contribution in [0.1, 0.15) is 17.6 Å². The number of nitrogens with one attached hydrogen (secondary N) is 1. The van der Waals surface area contributed by atoms with Crippen LogP contribution in [0.4, 0.5) is 4.79 Å². The summed E-state index contributed by atoms with van der Waals surface area (Å²) in [6.45, 7) is 1.70. The summed E-state index contributed by atoms with van der Waals surface area (Å²) in [6, 6.07) is 12.3. The highest BCUT2D eigenvalue weighted by Crippen LogP contribution is 2.33. The fourth-order valence-corrected chi connectivity index (χ4v) is 3.97. The highest BCUT2D eigenvalue weighted by molar-refractivity contribution is 7.09. The van der Waals surface area contributed by atoms with Crippen molar-refractivity contribution in [3.05, 3.63) is 58.5 Å². The third kappa shape index (κ3) is 3.05. The summed E-state index contributed by atoms with van der Waals surface area (Å²) in [5.41, 5.74) is -0.714. The molecule has 0 aliphatic carbocycles. The third-order valence-corrected chi connectivity index (χ3v) is 5.75. The molecule has 0 bridgehead atoms. The summed E-state index contributed by atoms with van der Waals surface area (Å²) in [6.07, 6.45) is 0. The molecule has 3 aromatic rings. The Morgan fingerprint density at radius 3 is 2.75 bits per heavy atom. The lowest BCUT2D eigenvalue weighted by Gasteiger charge is -2.21. The molecule has 7 nitrogen and oxygen atoms in total. The summed E-state index contributed by atoms with van der Waals surface area (Å²) in [5, 5.41) is 5.45. The molecule has 0 radical (unpaired) electrons. The number of hydrogen-bond acceptors (Lipinski definition) is 5. The second kappa shape index (κ2) is 6.79. The number of carbonyl (C=O) groups excluding carboxylic acids is 3. The van der Waals surface area contributed by atoms with Crippen LogP contribution in [-0.2, 0) is 21.7 Å². The number of urea groups is 1. The lowest BCUT2D eigenvalue weighted by Crippen LogP contribution is -2.43. The van der Waals surface area contributed by atoms with Crippen molar-refractivity contribution in [3.63, 3.8) is 0 Å². The van der Waals surface area contributed by atoms with Gasteiger partial charge in [-0.15, -0.1) is 11.3 Å². The van der Waals surface area contributed by atoms with Crippen molar-refractivity contribution in [1.82, 2.24) is 15.1 Å². The van der Waals surface area contributed by atoms with Crippen LogP contribution >= 0.6 is 11.3 Å². The van der Waals surface area contributed by atoms with E-state index in [1.807, 2.05) is 35.7 Å². The first-order chi connectivity index (χ1) is 13.4. The summed E-state index contributed by atoms with van der Waals surface area (Å²) in [4.78, 5) is 41.5. The highest BCUT2D eigenvalue weighted by Gasteiger charge is 2.51. The molecule has 1 aliphatic heterocycles. The number of imide groups is 1. The Hall–Kier alpha value is -3.13. The van der Waals surface area contributed by atoms with Gasteiger partial charge in [-0.2, -0.15) is 0 Å². The Balaban J connectivity index is 1.52. The molecule has 1 fully saturated rings. The van der Waals surface area contributed by atoms with E-state index in [2.05, 4.69) is 5.32 Å². The van der Waals surface area contributed by atoms with E-state index < -0.39 is 17.5 Å². The molecule has 2 aromatic heterocycles. The summed E-state index contributed by atoms with van der Waals surface area (Å²) >= 11 is 1.55. The molecule has 4 amide bonds. The van der Waals surface area contributed by atoms with E-state index in [1.165, 1.54) is 4.90 Å². The van der Waals surface area contributed by atoms with Gasteiger partial charge in [0.1, 0.15) is 17.9 Å². The quantitative estimate of drug-likeness (QED) is 0.671. The topological polar surface area (TPSA) is 82.9 Å². The van der Waals surface area contributed by atoms with Crippen LogP contribution < -0.4 is 5.32 Å². The number of nitrogens with zero attached hydrogens (tertiary/aromatic N) is 2. The van der Waals surface area contributed by atoms with Crippen LogP contribution in [0.15, 0.2) is 52.3 Å². The van der Waals surface area contributed by atoms with E-state index in [-0.39, 0.29) is 12.5 Å². The summed E-state index contributed by atoms with van der Waals surface area (Å²) < 4.78 is 5.79. The van der Waals surface area contributed by atoms with Crippen LogP contribution in [0.5, 0.6) is 0 Å². The molecule has 1 N–H and O–H groups in total. The Morgan fingerprint density at radius 1 is 1.25 bits per heavy atom. The average molecular weight is 397 g/mol. The van der Waals surface area contributed by atoms with E-state index in [0.717, 1.165) is 15.2 Å². The maximum Gasteiger partial charge on any atom is 0.325 e. The molecule has 8 heteroatoms. The van der Waals surface area contributed by atoms with Crippen LogP contribution in [0, 0.1) is 0 Å². The molecule has 3 heterocycles. The standard InChI is InChI=1S/C20H19N3O4S/c1-20(16-10-13-6-3-4-8-15(13)27-16)18(25)23(19(26)21-20)12-17(24)22(2)11-14-7-5-9-28-14/h3-10H,11-12H2,1-2H3,(H,21,26)/t20-/m0/s1. The second-order valence-corrected chi connectivity index (χ2v) is 7.96. The molecule has 4 rings (SSSR count). The number of benzene rings is 1. The van der Waals surface area contributed by atoms with Crippen molar-refractivity contribution in [2.45, 2.75) is 19.0 Å². The molecule has 1 saturated heterocycles. The number of hydrogen-bond donors (Lipinski definition) is 1. The molecule has 1 aliphatic rings. The number of fused-ring (bicyclic) bond motifs is 1. The average Bonchev–Trinajstić information content (AvgIpc) is 3.38. The molecular formula is C20H19N3O4S. The van der Waals surface area contributed by atoms with Crippen molar-refractivity contribution in [1.29, 1.82) is 0 Å². The van der Waals surface area contributed by atoms with E-state index in [1.54, 1.807) is 37.4 Å². The first-order valence-corrected chi connectivity index (χ1v) is 9.66. The minimum Gasteiger partial charge on any atom is -0.458 e. The smallest absolute Gasteiger partial charge is 0.325 e. The van der Waals surface area contributed by atoms with Crippen LogP contribution in [-0.4, -0.2) is 41.2 Å². The molecule has 1 atom stereocenters. The number of carbonyl (C=O) groups is 3. The fourth-order valence-electron chi connectivity index (χ4n) is 3.22. The van der Waals surface area contributed by atoms with E-state index in [0.29, 0.717) is 17.9 Å². The first-order valence-electron chi connectivity index (χ1n) is 8.78. The molecule has 1 aromatic carbocycles. The Morgan fingerprint density at radius 2 is 2.04 bits per heavy atom. The first kappa shape index (κ1) is 18.2. The fraction of sp³-hybridized carbons (Fsp3) is 0.250. The Bertz CT molecular complexity index is 1030. The molecule has 28 heavy (non-hydrogen) atoms. The number of furan rings is 1. The van der Waals surface area contributed by atoms with Gasteiger partial charge in [0.05, 0.1) is 6.54 Å². The maximum absolute atomic E-state index is 13.0. The van der Waals surface area contributed by atoms with Crippen molar-refractivity contribution in [2.75, 3.05) is 13.6 Å². The van der Waals surface area contributed by atoms with Crippen LogP contribution in [0.25, 0.3) is 11.0 Å². The predicted octanol–water partition coefficient (Wildman–Crippen LogP) is 2.92. The van der Waals surface area contributed by atoms with Crippen molar-refractivity contribution >= 4 is 40.2 Å². The SMILES string of the molecule is CN(Cc1cccs1)C(=O)CN1C(=O)N[C@@](C)(c2cc3ccccc3o2)C1=O. The van der Waals surface area contributed by atoms with E-state index in [9.17, 15) is 14.4 Å². The predicted molar refractivity (Wildman–Crippen MR) is 105 cm³/mol. The van der Waals surface area contributed by atoms with Crippen LogP contribution in [0.3, 0.4) is 0 Å². The van der Waals surface area contributed by atoms with Gasteiger partial charge in [-0.1, -0.05) is 24.3 Å². The van der Waals surface area contributed by atoms with Gasteiger partial charge < -0.3 is 14.6 Å². The molecule has 0 saturated carbocycles. The minimum atomic E-state index is -1.34. The number of rotatable bonds is 5. The normalized spacial score (nSPS) is 19.3. The Kier molecular flexibility index (Phi) is 4.43. The van der Waals surface area contributed by atoms with Crippen molar-refractivity contribution in [2.24, 2.45) is 0 Å². The van der Waals surface area contributed by atoms with Crippen LogP contribution in [0.2, 0.25) is 0 Å². The monoisotopic (exact) mass is 397 g/mol. The number of para-hydroxylation sites is 1. The minimum absolute atomic E-state index is 0.314. The van der Waals surface area contributed by atoms with Gasteiger partial charge in [0.25, 0.3) is 5.91 Å². The zero-order chi connectivity index (χ0) is 19.9. The van der Waals surface area contributed by atoms with Gasteiger partial charge in [0, 0.05) is 17.3 Å². The van der Waals surface area contributed by atoms with E-state index in [4.69, 9.17) is 4.42 Å². The van der Waals surface area contributed by atoms with Gasteiger partial charge in [-0.25, -0.2) is 4.79 Å². The molecule has 144 valence electrons. The lowest BCUT2D eigenvalue weighted by molar-refractivity contribution is -0.138. The molecule has 0 spiro atoms. The van der Waals surface area contributed by atoms with Crippen molar-refractivity contribution in [3.8, 4) is 0 Å². The lowest BCUT2D eigenvalue weighted by atomic mass is 9.99. The van der Waals surface area contributed by atoms with Gasteiger partial charge in [-0.3, -0.25) is 14.5 Å². The number of thiophene rings is 1. The molecule has 0 unspecified atom stereocenters. The third-order valence-electron chi connectivity index (χ3n) is 4.89. The van der Waals surface area contributed by atoms with Gasteiger partial charge in [0.2, 0.25) is 5.91 Å². The van der Waals surface area contributed by atoms with Crippen molar-refractivity contribution < 1.29 is 18.8 Å². The maximum atomic E-state index is 13.0. The number of likely N-dealkylation sites (N-methyl/N-ethyl adjacent to an activating group) is 1. The van der Waals surface area contributed by atoms with E-state index >= 15 is 0 Å².